The van der Waals surface area contributed by atoms with E-state index in [1.165, 1.54) is 28.2 Å². The molecule has 1 N–H and O–H groups in total. The highest BCUT2D eigenvalue weighted by atomic mass is 32.1. The van der Waals surface area contributed by atoms with E-state index in [9.17, 15) is 9.59 Å². The molecule has 5 aromatic rings. The number of nitrogens with one attached hydrogen (secondary N) is 1. The number of hydrogen-bond donors (Lipinski definition) is 1. The van der Waals surface area contributed by atoms with E-state index in [2.05, 4.69) is 15.4 Å². The summed E-state index contributed by atoms with van der Waals surface area (Å²) in [6.07, 6.45) is 0. The molecule has 1 amide bonds. The maximum atomic E-state index is 12.8. The SMILES string of the molecule is O=C(Nc1nc2ccc(Oc3ccccc3)cc2s1)c1ccc(=O)n(CCOc2ccccc2)n1. The van der Waals surface area contributed by atoms with Crippen molar-refractivity contribution in [3.63, 3.8) is 0 Å². The minimum absolute atomic E-state index is 0.108. The normalized spacial score (nSPS) is 10.7. The summed E-state index contributed by atoms with van der Waals surface area (Å²) in [5.74, 6) is 1.65. The van der Waals surface area contributed by atoms with E-state index in [0.717, 1.165) is 16.0 Å². The van der Waals surface area contributed by atoms with Gasteiger partial charge in [-0.3, -0.25) is 14.9 Å². The van der Waals surface area contributed by atoms with Crippen molar-refractivity contribution in [1.29, 1.82) is 0 Å². The van der Waals surface area contributed by atoms with E-state index >= 15 is 0 Å². The number of carbonyl (C=O) groups excluding carboxylic acids is 1. The Morgan fingerprint density at radius 3 is 2.40 bits per heavy atom. The fourth-order valence-corrected chi connectivity index (χ4v) is 4.19. The zero-order chi connectivity index (χ0) is 24.0. The highest BCUT2D eigenvalue weighted by molar-refractivity contribution is 7.22. The first-order valence-corrected chi connectivity index (χ1v) is 11.7. The molecule has 5 rings (SSSR count). The monoisotopic (exact) mass is 484 g/mol. The van der Waals surface area contributed by atoms with Gasteiger partial charge in [-0.05, 0) is 42.5 Å². The Bertz CT molecular complexity index is 1520. The third-order valence-corrected chi connectivity index (χ3v) is 5.91. The fourth-order valence-electron chi connectivity index (χ4n) is 3.30. The second-order valence-corrected chi connectivity index (χ2v) is 8.49. The smallest absolute Gasteiger partial charge is 0.277 e. The molecule has 174 valence electrons. The van der Waals surface area contributed by atoms with Crippen molar-refractivity contribution in [2.75, 3.05) is 11.9 Å². The van der Waals surface area contributed by atoms with Gasteiger partial charge in [-0.1, -0.05) is 47.7 Å². The van der Waals surface area contributed by atoms with Crippen LogP contribution in [0, 0.1) is 0 Å². The Morgan fingerprint density at radius 2 is 1.63 bits per heavy atom. The first-order chi connectivity index (χ1) is 17.1. The first-order valence-electron chi connectivity index (χ1n) is 10.8. The highest BCUT2D eigenvalue weighted by Crippen LogP contribution is 2.31. The summed E-state index contributed by atoms with van der Waals surface area (Å²) < 4.78 is 13.6. The van der Waals surface area contributed by atoms with E-state index in [0.29, 0.717) is 16.6 Å². The summed E-state index contributed by atoms with van der Waals surface area (Å²) in [6, 6.07) is 27.0. The number of ether oxygens (including phenoxy) is 2. The molecular weight excluding hydrogens is 464 g/mol. The number of amides is 1. The van der Waals surface area contributed by atoms with Gasteiger partial charge in [-0.2, -0.15) is 5.10 Å². The van der Waals surface area contributed by atoms with E-state index in [4.69, 9.17) is 9.47 Å². The van der Waals surface area contributed by atoms with E-state index in [1.54, 1.807) is 0 Å². The van der Waals surface area contributed by atoms with Gasteiger partial charge in [-0.15, -0.1) is 0 Å². The number of aromatic nitrogens is 3. The largest absolute Gasteiger partial charge is 0.492 e. The lowest BCUT2D eigenvalue weighted by atomic mass is 10.3. The summed E-state index contributed by atoms with van der Waals surface area (Å²) in [6.45, 7) is 0.452. The number of hydrogen-bond acceptors (Lipinski definition) is 7. The van der Waals surface area contributed by atoms with E-state index in [1.807, 2.05) is 78.9 Å². The minimum atomic E-state index is -0.456. The summed E-state index contributed by atoms with van der Waals surface area (Å²) in [7, 11) is 0. The van der Waals surface area contributed by atoms with E-state index < -0.39 is 5.91 Å². The second kappa shape index (κ2) is 10.2. The molecular formula is C26H20N4O4S. The van der Waals surface area contributed by atoms with Gasteiger partial charge in [-0.25, -0.2) is 9.67 Å². The Balaban J connectivity index is 1.26. The van der Waals surface area contributed by atoms with Crippen molar-refractivity contribution in [3.8, 4) is 17.2 Å². The predicted octanol–water partition coefficient (Wildman–Crippen LogP) is 4.98. The summed E-state index contributed by atoms with van der Waals surface area (Å²) in [4.78, 5) is 29.4. The van der Waals surface area contributed by atoms with Crippen LogP contribution in [0.3, 0.4) is 0 Å². The molecule has 0 saturated carbocycles. The van der Waals surface area contributed by atoms with Gasteiger partial charge in [0, 0.05) is 12.1 Å². The van der Waals surface area contributed by atoms with Gasteiger partial charge in [0.25, 0.3) is 11.5 Å². The molecule has 35 heavy (non-hydrogen) atoms. The van der Waals surface area contributed by atoms with Crippen LogP contribution in [-0.4, -0.2) is 27.3 Å². The van der Waals surface area contributed by atoms with Crippen molar-refractivity contribution < 1.29 is 14.3 Å². The van der Waals surface area contributed by atoms with Gasteiger partial charge in [0.2, 0.25) is 0 Å². The van der Waals surface area contributed by atoms with Gasteiger partial charge in [0.15, 0.2) is 5.13 Å². The van der Waals surface area contributed by atoms with Crippen molar-refractivity contribution >= 4 is 32.6 Å². The summed E-state index contributed by atoms with van der Waals surface area (Å²) in [5.41, 5.74) is 0.530. The maximum Gasteiger partial charge on any atom is 0.277 e. The van der Waals surface area contributed by atoms with Crippen LogP contribution < -0.4 is 20.3 Å². The molecule has 0 spiro atoms. The summed E-state index contributed by atoms with van der Waals surface area (Å²) in [5, 5.41) is 7.37. The zero-order valence-electron chi connectivity index (χ0n) is 18.5. The Hall–Kier alpha value is -4.50. The van der Waals surface area contributed by atoms with Gasteiger partial charge in [0.05, 0.1) is 16.8 Å². The fraction of sp³-hybridized carbons (Fsp3) is 0.0769. The number of nitrogens with zero attached hydrogens (tertiary/aromatic N) is 3. The molecule has 0 unspecified atom stereocenters. The average molecular weight is 485 g/mol. The Kier molecular flexibility index (Phi) is 6.49. The lowest BCUT2D eigenvalue weighted by Gasteiger charge is -2.08. The van der Waals surface area contributed by atoms with Crippen molar-refractivity contribution in [2.24, 2.45) is 0 Å². The molecule has 0 saturated heterocycles. The molecule has 3 aromatic carbocycles. The molecule has 8 nitrogen and oxygen atoms in total. The average Bonchev–Trinajstić information content (AvgIpc) is 3.28. The quantitative estimate of drug-likeness (QED) is 0.334. The van der Waals surface area contributed by atoms with Crippen LogP contribution in [0.15, 0.2) is 95.8 Å². The van der Waals surface area contributed by atoms with Gasteiger partial charge < -0.3 is 9.47 Å². The number of rotatable bonds is 8. The van der Waals surface area contributed by atoms with Gasteiger partial charge in [0.1, 0.15) is 29.5 Å². The van der Waals surface area contributed by atoms with Crippen molar-refractivity contribution in [3.05, 3.63) is 107 Å². The zero-order valence-corrected chi connectivity index (χ0v) is 19.3. The van der Waals surface area contributed by atoms with Crippen LogP contribution in [0.5, 0.6) is 17.2 Å². The maximum absolute atomic E-state index is 12.8. The molecule has 0 atom stereocenters. The molecule has 2 aromatic heterocycles. The molecule has 9 heteroatoms. The molecule has 0 bridgehead atoms. The highest BCUT2D eigenvalue weighted by Gasteiger charge is 2.13. The molecule has 0 aliphatic rings. The predicted molar refractivity (Wildman–Crippen MR) is 135 cm³/mol. The number of carbonyl (C=O) groups is 1. The Labute approximate surface area is 204 Å². The topological polar surface area (TPSA) is 95.3 Å². The van der Waals surface area contributed by atoms with Crippen LogP contribution in [0.2, 0.25) is 0 Å². The number of anilines is 1. The first kappa shape index (κ1) is 22.3. The number of thiazole rings is 1. The van der Waals surface area contributed by atoms with Crippen LogP contribution in [0.1, 0.15) is 10.5 Å². The molecule has 0 radical (unpaired) electrons. The second-order valence-electron chi connectivity index (χ2n) is 7.46. The lowest BCUT2D eigenvalue weighted by Crippen LogP contribution is -2.28. The van der Waals surface area contributed by atoms with Crippen LogP contribution in [0.25, 0.3) is 10.2 Å². The van der Waals surface area contributed by atoms with Gasteiger partial charge >= 0.3 is 0 Å². The van der Waals surface area contributed by atoms with Crippen LogP contribution >= 0.6 is 11.3 Å². The molecule has 0 aliphatic carbocycles. The Morgan fingerprint density at radius 1 is 0.886 bits per heavy atom. The van der Waals surface area contributed by atoms with Crippen molar-refractivity contribution in [1.82, 2.24) is 14.8 Å². The third-order valence-electron chi connectivity index (χ3n) is 4.97. The standard InChI is InChI=1S/C26H20N4O4S/c31-24-14-13-22(29-30(24)15-16-33-18-7-3-1-4-8-18)25(32)28-26-27-21-12-11-20(17-23(21)35-26)34-19-9-5-2-6-10-19/h1-14,17H,15-16H2,(H,27,28,32). The number of benzene rings is 3. The minimum Gasteiger partial charge on any atom is -0.492 e. The summed E-state index contributed by atoms with van der Waals surface area (Å²) >= 11 is 1.32. The third kappa shape index (κ3) is 5.53. The van der Waals surface area contributed by atoms with E-state index in [-0.39, 0.29) is 24.4 Å². The van der Waals surface area contributed by atoms with Crippen molar-refractivity contribution in [2.45, 2.75) is 6.54 Å². The number of para-hydroxylation sites is 2. The lowest BCUT2D eigenvalue weighted by molar-refractivity contribution is 0.101. The van der Waals surface area contributed by atoms with Crippen LogP contribution in [0.4, 0.5) is 5.13 Å². The van der Waals surface area contributed by atoms with Crippen LogP contribution in [-0.2, 0) is 6.54 Å². The number of fused-ring (bicyclic) bond motifs is 1. The molecule has 2 heterocycles. The molecule has 0 fully saturated rings. The molecule has 0 aliphatic heterocycles.